The van der Waals surface area contributed by atoms with Crippen LogP contribution in [0.3, 0.4) is 0 Å². The molecule has 10 heteroatoms. The van der Waals surface area contributed by atoms with Crippen LogP contribution >= 0.6 is 0 Å². The van der Waals surface area contributed by atoms with Gasteiger partial charge in [0.25, 0.3) is 0 Å². The molecule has 2 aliphatic rings. The molecule has 1 heterocycles. The second-order valence-electron chi connectivity index (χ2n) is 7.51. The lowest BCUT2D eigenvalue weighted by Crippen LogP contribution is -2.48. The molecule has 1 aromatic carbocycles. The molecule has 6 nitrogen and oxygen atoms in total. The van der Waals surface area contributed by atoms with Gasteiger partial charge in [0.2, 0.25) is 5.91 Å². The van der Waals surface area contributed by atoms with E-state index in [1.165, 1.54) is 20.1 Å². The Hall–Kier alpha value is -1.81. The number of alkyl halides is 3. The molecule has 0 N–H and O–H groups in total. The molecular formula is C19H25F3N2O4S. The number of hydrogen-bond donors (Lipinski definition) is 0. The monoisotopic (exact) mass is 434 g/mol. The number of carbonyl (C=O) groups is 1. The van der Waals surface area contributed by atoms with Crippen LogP contribution in [0.2, 0.25) is 0 Å². The van der Waals surface area contributed by atoms with Gasteiger partial charge < -0.3 is 14.5 Å². The number of nitrogens with zero attached hydrogens (tertiary/aromatic N) is 2. The van der Waals surface area contributed by atoms with Gasteiger partial charge in [0, 0.05) is 45.9 Å². The molecule has 0 radical (unpaired) electrons. The van der Waals surface area contributed by atoms with Gasteiger partial charge in [-0.2, -0.15) is 13.2 Å². The Kier molecular flexibility index (Phi) is 6.14. The molecule has 2 fully saturated rings. The quantitative estimate of drug-likeness (QED) is 0.729. The van der Waals surface area contributed by atoms with E-state index >= 15 is 0 Å². The maximum atomic E-state index is 13.8. The highest BCUT2D eigenvalue weighted by molar-refractivity contribution is 7.92. The Morgan fingerprint density at radius 2 is 1.79 bits per heavy atom. The Labute approximate surface area is 168 Å². The van der Waals surface area contributed by atoms with Gasteiger partial charge in [0.1, 0.15) is 0 Å². The standard InChI is InChI=1S/C19H25F3N2O4S/c1-13(25)23-7-9-24(10-8-23)14-3-6-18(17(11-14)19(20,21)22)29(26,27)16-5-4-15(12-16)28-2/h3,6,11,15-16H,4-5,7-10,12H2,1-2H3/t15-,16-/m1/s1. The van der Waals surface area contributed by atoms with Gasteiger partial charge in [-0.05, 0) is 37.5 Å². The van der Waals surface area contributed by atoms with Crippen LogP contribution in [-0.2, 0) is 25.5 Å². The van der Waals surface area contributed by atoms with Crippen molar-refractivity contribution in [1.29, 1.82) is 0 Å². The van der Waals surface area contributed by atoms with Crippen molar-refractivity contribution in [3.05, 3.63) is 23.8 Å². The van der Waals surface area contributed by atoms with Gasteiger partial charge in [0.05, 0.1) is 21.8 Å². The number of amides is 1. The fourth-order valence-electron chi connectivity index (χ4n) is 4.04. The topological polar surface area (TPSA) is 66.9 Å². The van der Waals surface area contributed by atoms with Crippen molar-refractivity contribution in [1.82, 2.24) is 4.90 Å². The maximum Gasteiger partial charge on any atom is 0.417 e. The molecule has 0 unspecified atom stereocenters. The molecule has 1 aliphatic heterocycles. The van der Waals surface area contributed by atoms with E-state index < -0.39 is 31.7 Å². The van der Waals surface area contributed by atoms with E-state index in [1.54, 1.807) is 9.80 Å². The van der Waals surface area contributed by atoms with E-state index in [4.69, 9.17) is 4.74 Å². The molecule has 29 heavy (non-hydrogen) atoms. The van der Waals surface area contributed by atoms with Crippen LogP contribution in [-0.4, -0.2) is 63.9 Å². The molecule has 1 saturated carbocycles. The minimum atomic E-state index is -4.79. The van der Waals surface area contributed by atoms with Crippen molar-refractivity contribution in [2.24, 2.45) is 0 Å². The Morgan fingerprint density at radius 3 is 2.31 bits per heavy atom. The van der Waals surface area contributed by atoms with Gasteiger partial charge in [0.15, 0.2) is 9.84 Å². The van der Waals surface area contributed by atoms with E-state index in [2.05, 4.69) is 0 Å². The van der Waals surface area contributed by atoms with Gasteiger partial charge in [-0.3, -0.25) is 4.79 Å². The molecular weight excluding hydrogens is 409 g/mol. The van der Waals surface area contributed by atoms with Crippen molar-refractivity contribution >= 4 is 21.4 Å². The molecule has 3 rings (SSSR count). The average Bonchev–Trinajstić information content (AvgIpc) is 3.17. The number of hydrogen-bond acceptors (Lipinski definition) is 5. The van der Waals surface area contributed by atoms with Crippen LogP contribution in [0.1, 0.15) is 31.7 Å². The predicted molar refractivity (Wildman–Crippen MR) is 102 cm³/mol. The largest absolute Gasteiger partial charge is 0.417 e. The number of benzene rings is 1. The molecule has 1 saturated heterocycles. The summed E-state index contributed by atoms with van der Waals surface area (Å²) >= 11 is 0. The molecule has 1 aliphatic carbocycles. The number of methoxy groups -OCH3 is 1. The first kappa shape index (κ1) is 21.9. The van der Waals surface area contributed by atoms with Crippen LogP contribution in [0.25, 0.3) is 0 Å². The summed E-state index contributed by atoms with van der Waals surface area (Å²) < 4.78 is 72.4. The third kappa shape index (κ3) is 4.53. The minimum absolute atomic E-state index is 0.0759. The Morgan fingerprint density at radius 1 is 1.14 bits per heavy atom. The number of sulfone groups is 1. The van der Waals surface area contributed by atoms with Crippen LogP contribution in [0, 0.1) is 0 Å². The molecule has 0 spiro atoms. The first-order chi connectivity index (χ1) is 13.5. The zero-order valence-electron chi connectivity index (χ0n) is 16.4. The van der Waals surface area contributed by atoms with E-state index in [-0.39, 0.29) is 24.9 Å². The van der Waals surface area contributed by atoms with Crippen molar-refractivity contribution in [3.63, 3.8) is 0 Å². The number of carbonyl (C=O) groups excluding carboxylic acids is 1. The second-order valence-corrected chi connectivity index (χ2v) is 9.71. The van der Waals surface area contributed by atoms with Crippen LogP contribution in [0.15, 0.2) is 23.1 Å². The number of ether oxygens (including phenoxy) is 1. The third-order valence-corrected chi connectivity index (χ3v) is 8.05. The predicted octanol–water partition coefficient (Wildman–Crippen LogP) is 2.72. The normalized spacial score (nSPS) is 23.5. The fourth-order valence-corrected chi connectivity index (χ4v) is 6.05. The zero-order chi connectivity index (χ0) is 21.4. The highest BCUT2D eigenvalue weighted by Crippen LogP contribution is 2.40. The second kappa shape index (κ2) is 8.14. The lowest BCUT2D eigenvalue weighted by Gasteiger charge is -2.36. The lowest BCUT2D eigenvalue weighted by atomic mass is 10.1. The van der Waals surface area contributed by atoms with E-state index in [9.17, 15) is 26.4 Å². The summed E-state index contributed by atoms with van der Waals surface area (Å²) in [4.78, 5) is 14.1. The third-order valence-electron chi connectivity index (χ3n) is 5.77. The van der Waals surface area contributed by atoms with Crippen LogP contribution in [0.4, 0.5) is 18.9 Å². The van der Waals surface area contributed by atoms with Gasteiger partial charge in [-0.25, -0.2) is 8.42 Å². The number of piperazine rings is 1. The van der Waals surface area contributed by atoms with Crippen molar-refractivity contribution in [2.75, 3.05) is 38.2 Å². The summed E-state index contributed by atoms with van der Waals surface area (Å²) in [6.07, 6.45) is -4.04. The van der Waals surface area contributed by atoms with Crippen LogP contribution in [0.5, 0.6) is 0 Å². The summed E-state index contributed by atoms with van der Waals surface area (Å²) in [5, 5.41) is -0.876. The number of anilines is 1. The molecule has 162 valence electrons. The van der Waals surface area contributed by atoms with Crippen molar-refractivity contribution < 1.29 is 31.1 Å². The fraction of sp³-hybridized carbons (Fsp3) is 0.632. The lowest BCUT2D eigenvalue weighted by molar-refractivity contribution is -0.139. The summed E-state index contributed by atoms with van der Waals surface area (Å²) in [5.74, 6) is -0.0759. The van der Waals surface area contributed by atoms with Crippen molar-refractivity contribution in [3.8, 4) is 0 Å². The average molecular weight is 434 g/mol. The Bertz CT molecular complexity index is 865. The first-order valence-electron chi connectivity index (χ1n) is 9.52. The number of halogens is 3. The highest BCUT2D eigenvalue weighted by Gasteiger charge is 2.42. The van der Waals surface area contributed by atoms with Crippen LogP contribution < -0.4 is 4.90 Å². The van der Waals surface area contributed by atoms with Crippen molar-refractivity contribution in [2.45, 2.75) is 48.6 Å². The van der Waals surface area contributed by atoms with Gasteiger partial charge in [-0.15, -0.1) is 0 Å². The summed E-state index contributed by atoms with van der Waals surface area (Å²) in [6.45, 7) is 3.06. The molecule has 1 amide bonds. The van der Waals surface area contributed by atoms with E-state index in [1.807, 2.05) is 0 Å². The molecule has 1 aromatic rings. The molecule has 0 bridgehead atoms. The SMILES string of the molecule is CO[C@@H]1CC[C@@H](S(=O)(=O)c2ccc(N3CCN(C(C)=O)CC3)cc2C(F)(F)F)C1. The Balaban J connectivity index is 1.91. The number of rotatable bonds is 4. The summed E-state index contributed by atoms with van der Waals surface area (Å²) in [5.41, 5.74) is -0.828. The summed E-state index contributed by atoms with van der Waals surface area (Å²) in [6, 6.07) is 3.42. The van der Waals surface area contributed by atoms with E-state index in [0.29, 0.717) is 38.3 Å². The smallest absolute Gasteiger partial charge is 0.381 e. The summed E-state index contributed by atoms with van der Waals surface area (Å²) in [7, 11) is -2.66. The molecule has 0 aromatic heterocycles. The minimum Gasteiger partial charge on any atom is -0.381 e. The van der Waals surface area contributed by atoms with E-state index in [0.717, 1.165) is 12.1 Å². The first-order valence-corrected chi connectivity index (χ1v) is 11.1. The van der Waals surface area contributed by atoms with Gasteiger partial charge in [-0.1, -0.05) is 0 Å². The molecule has 2 atom stereocenters. The highest BCUT2D eigenvalue weighted by atomic mass is 32.2. The van der Waals surface area contributed by atoms with Gasteiger partial charge >= 0.3 is 6.18 Å². The maximum absolute atomic E-state index is 13.8. The zero-order valence-corrected chi connectivity index (χ0v) is 17.2.